The lowest BCUT2D eigenvalue weighted by molar-refractivity contribution is -0.141. The molecule has 0 fully saturated rings. The van der Waals surface area contributed by atoms with Gasteiger partial charge >= 0.3 is 5.97 Å². The molecular formula is C17H37NO3. The van der Waals surface area contributed by atoms with Crippen LogP contribution in [0.2, 0.25) is 0 Å². The Kier molecular flexibility index (Phi) is 18.8. The summed E-state index contributed by atoms with van der Waals surface area (Å²) in [5, 5.41) is 12.3. The zero-order chi connectivity index (χ0) is 16.5. The molecule has 0 aliphatic carbocycles. The van der Waals surface area contributed by atoms with Crippen LogP contribution in [0.5, 0.6) is 0 Å². The molecule has 0 spiro atoms. The Morgan fingerprint density at radius 2 is 1.71 bits per heavy atom. The van der Waals surface area contributed by atoms with Gasteiger partial charge in [0.25, 0.3) is 0 Å². The van der Waals surface area contributed by atoms with E-state index in [1.807, 2.05) is 13.8 Å². The van der Waals surface area contributed by atoms with Crippen LogP contribution in [0.15, 0.2) is 0 Å². The van der Waals surface area contributed by atoms with E-state index in [-0.39, 0.29) is 5.92 Å². The Labute approximate surface area is 131 Å². The predicted octanol–water partition coefficient (Wildman–Crippen LogP) is 3.95. The van der Waals surface area contributed by atoms with Crippen LogP contribution < -0.4 is 5.32 Å². The lowest BCUT2D eigenvalue weighted by Crippen LogP contribution is -2.31. The van der Waals surface area contributed by atoms with Gasteiger partial charge < -0.3 is 15.2 Å². The molecule has 4 nitrogen and oxygen atoms in total. The second-order valence-electron chi connectivity index (χ2n) is 5.55. The Balaban J connectivity index is 0. The van der Waals surface area contributed by atoms with Gasteiger partial charge in [0, 0.05) is 19.8 Å². The maximum Gasteiger partial charge on any atom is 0.307 e. The van der Waals surface area contributed by atoms with Gasteiger partial charge in [-0.15, -0.1) is 0 Å². The monoisotopic (exact) mass is 303 g/mol. The number of carboxylic acid groups (broad SMARTS) is 1. The van der Waals surface area contributed by atoms with Gasteiger partial charge in [0.2, 0.25) is 0 Å². The minimum atomic E-state index is -0.706. The number of aliphatic carboxylic acids is 1. The van der Waals surface area contributed by atoms with Crippen molar-refractivity contribution in [3.8, 4) is 0 Å². The highest BCUT2D eigenvalue weighted by atomic mass is 16.5. The average molecular weight is 303 g/mol. The van der Waals surface area contributed by atoms with E-state index < -0.39 is 5.97 Å². The van der Waals surface area contributed by atoms with E-state index in [9.17, 15) is 4.79 Å². The SMILES string of the molecule is CC.CCCCCOCCCC(CNCC(C)C)C(=O)O. The van der Waals surface area contributed by atoms with Crippen molar-refractivity contribution in [3.05, 3.63) is 0 Å². The third kappa shape index (κ3) is 17.3. The van der Waals surface area contributed by atoms with E-state index in [4.69, 9.17) is 9.84 Å². The lowest BCUT2D eigenvalue weighted by atomic mass is 10.0. The van der Waals surface area contributed by atoms with E-state index in [1.54, 1.807) is 0 Å². The highest BCUT2D eigenvalue weighted by Crippen LogP contribution is 2.07. The largest absolute Gasteiger partial charge is 0.481 e. The topological polar surface area (TPSA) is 58.6 Å². The van der Waals surface area contributed by atoms with Crippen molar-refractivity contribution in [1.82, 2.24) is 5.32 Å². The van der Waals surface area contributed by atoms with Crippen LogP contribution in [-0.2, 0) is 9.53 Å². The molecule has 1 unspecified atom stereocenters. The van der Waals surface area contributed by atoms with Crippen molar-refractivity contribution in [2.24, 2.45) is 11.8 Å². The van der Waals surface area contributed by atoms with Crippen molar-refractivity contribution >= 4 is 5.97 Å². The van der Waals surface area contributed by atoms with Crippen LogP contribution in [0.25, 0.3) is 0 Å². The first-order valence-electron chi connectivity index (χ1n) is 8.59. The summed E-state index contributed by atoms with van der Waals surface area (Å²) in [6.07, 6.45) is 5.03. The highest BCUT2D eigenvalue weighted by molar-refractivity contribution is 5.70. The molecule has 0 aromatic heterocycles. The van der Waals surface area contributed by atoms with Crippen LogP contribution in [0, 0.1) is 11.8 Å². The molecule has 0 aromatic rings. The van der Waals surface area contributed by atoms with Crippen molar-refractivity contribution in [2.45, 2.75) is 66.7 Å². The Hall–Kier alpha value is -0.610. The first kappa shape index (κ1) is 22.7. The van der Waals surface area contributed by atoms with Crippen LogP contribution in [0.1, 0.15) is 66.7 Å². The first-order chi connectivity index (χ1) is 10.1. The summed E-state index contributed by atoms with van der Waals surface area (Å²) in [7, 11) is 0. The molecule has 0 saturated carbocycles. The summed E-state index contributed by atoms with van der Waals surface area (Å²) in [6.45, 7) is 13.3. The third-order valence-corrected chi connectivity index (χ3v) is 3.03. The van der Waals surface area contributed by atoms with E-state index in [0.717, 1.165) is 26.0 Å². The summed E-state index contributed by atoms with van der Waals surface area (Å²) >= 11 is 0. The van der Waals surface area contributed by atoms with E-state index >= 15 is 0 Å². The van der Waals surface area contributed by atoms with Crippen molar-refractivity contribution in [3.63, 3.8) is 0 Å². The van der Waals surface area contributed by atoms with Crippen molar-refractivity contribution < 1.29 is 14.6 Å². The minimum Gasteiger partial charge on any atom is -0.481 e. The molecule has 0 radical (unpaired) electrons. The smallest absolute Gasteiger partial charge is 0.307 e. The molecule has 0 aliphatic heterocycles. The Morgan fingerprint density at radius 3 is 2.24 bits per heavy atom. The van der Waals surface area contributed by atoms with Gasteiger partial charge in [0.05, 0.1) is 5.92 Å². The summed E-state index contributed by atoms with van der Waals surface area (Å²) < 4.78 is 5.50. The van der Waals surface area contributed by atoms with Gasteiger partial charge in [-0.3, -0.25) is 4.79 Å². The van der Waals surface area contributed by atoms with E-state index in [0.29, 0.717) is 25.5 Å². The van der Waals surface area contributed by atoms with Crippen LogP contribution >= 0.6 is 0 Å². The summed E-state index contributed by atoms with van der Waals surface area (Å²) in [4.78, 5) is 11.1. The molecule has 1 atom stereocenters. The summed E-state index contributed by atoms with van der Waals surface area (Å²) in [5.74, 6) is -0.448. The zero-order valence-electron chi connectivity index (χ0n) is 14.8. The molecule has 4 heteroatoms. The number of ether oxygens (including phenoxy) is 1. The zero-order valence-corrected chi connectivity index (χ0v) is 14.8. The number of hydrogen-bond donors (Lipinski definition) is 2. The second-order valence-corrected chi connectivity index (χ2v) is 5.55. The van der Waals surface area contributed by atoms with E-state index in [2.05, 4.69) is 26.1 Å². The Morgan fingerprint density at radius 1 is 1.10 bits per heavy atom. The van der Waals surface area contributed by atoms with Gasteiger partial charge in [-0.05, 0) is 31.7 Å². The molecule has 0 heterocycles. The number of rotatable bonds is 13. The van der Waals surface area contributed by atoms with Gasteiger partial charge in [-0.25, -0.2) is 0 Å². The quantitative estimate of drug-likeness (QED) is 0.506. The molecule has 0 aromatic carbocycles. The van der Waals surface area contributed by atoms with E-state index in [1.165, 1.54) is 12.8 Å². The number of carboxylic acids is 1. The third-order valence-electron chi connectivity index (χ3n) is 3.03. The number of nitrogens with one attached hydrogen (secondary N) is 1. The molecule has 0 aliphatic rings. The molecule has 128 valence electrons. The molecule has 0 saturated heterocycles. The highest BCUT2D eigenvalue weighted by Gasteiger charge is 2.16. The molecule has 0 amide bonds. The molecule has 0 bridgehead atoms. The number of unbranched alkanes of at least 4 members (excludes halogenated alkanes) is 2. The summed E-state index contributed by atoms with van der Waals surface area (Å²) in [6, 6.07) is 0. The summed E-state index contributed by atoms with van der Waals surface area (Å²) in [5.41, 5.74) is 0. The van der Waals surface area contributed by atoms with Gasteiger partial charge in [0.1, 0.15) is 0 Å². The van der Waals surface area contributed by atoms with Crippen LogP contribution in [0.4, 0.5) is 0 Å². The maximum absolute atomic E-state index is 11.1. The molecular weight excluding hydrogens is 266 g/mol. The average Bonchev–Trinajstić information content (AvgIpc) is 2.46. The molecule has 2 N–H and O–H groups in total. The fraction of sp³-hybridized carbons (Fsp3) is 0.941. The fourth-order valence-electron chi connectivity index (χ4n) is 1.85. The number of carbonyl (C=O) groups is 1. The van der Waals surface area contributed by atoms with Crippen LogP contribution in [0.3, 0.4) is 0 Å². The predicted molar refractivity (Wildman–Crippen MR) is 89.8 cm³/mol. The Bertz CT molecular complexity index is 220. The maximum atomic E-state index is 11.1. The normalized spacial score (nSPS) is 11.9. The second kappa shape index (κ2) is 17.4. The van der Waals surface area contributed by atoms with Gasteiger partial charge in [-0.1, -0.05) is 47.5 Å². The van der Waals surface area contributed by atoms with Crippen molar-refractivity contribution in [1.29, 1.82) is 0 Å². The lowest BCUT2D eigenvalue weighted by Gasteiger charge is -2.14. The van der Waals surface area contributed by atoms with Crippen molar-refractivity contribution in [2.75, 3.05) is 26.3 Å². The molecule has 0 rings (SSSR count). The van der Waals surface area contributed by atoms with Crippen LogP contribution in [-0.4, -0.2) is 37.4 Å². The standard InChI is InChI=1S/C15H31NO3.C2H6/c1-4-5-6-9-19-10-7-8-14(15(17)18)12-16-11-13(2)3;1-2/h13-14,16H,4-12H2,1-3H3,(H,17,18);1-2H3. The first-order valence-corrected chi connectivity index (χ1v) is 8.59. The van der Waals surface area contributed by atoms with Gasteiger partial charge in [0.15, 0.2) is 0 Å². The molecule has 21 heavy (non-hydrogen) atoms. The van der Waals surface area contributed by atoms with Gasteiger partial charge in [-0.2, -0.15) is 0 Å². The number of hydrogen-bond acceptors (Lipinski definition) is 3. The fourth-order valence-corrected chi connectivity index (χ4v) is 1.85. The minimum absolute atomic E-state index is 0.294.